The predicted octanol–water partition coefficient (Wildman–Crippen LogP) is 7.23. The van der Waals surface area contributed by atoms with Crippen LogP contribution >= 0.6 is 15.2 Å². The maximum Gasteiger partial charge on any atom is 0.369 e. The van der Waals surface area contributed by atoms with Crippen molar-refractivity contribution in [1.29, 1.82) is 0 Å². The Hall–Kier alpha value is -1.52. The zero-order valence-corrected chi connectivity index (χ0v) is 19.7. The lowest BCUT2D eigenvalue weighted by Gasteiger charge is -2.25. The van der Waals surface area contributed by atoms with Crippen LogP contribution in [0.25, 0.3) is 16.8 Å². The van der Waals surface area contributed by atoms with E-state index in [0.29, 0.717) is 0 Å². The van der Waals surface area contributed by atoms with Crippen LogP contribution in [-0.4, -0.2) is 26.4 Å². The van der Waals surface area contributed by atoms with E-state index in [-0.39, 0.29) is 31.5 Å². The predicted molar refractivity (Wildman–Crippen MR) is 123 cm³/mol. The average Bonchev–Trinajstić information content (AvgIpc) is 2.71. The molecule has 0 heterocycles. The Morgan fingerprint density at radius 1 is 0.767 bits per heavy atom. The van der Waals surface area contributed by atoms with Crippen LogP contribution in [0.4, 0.5) is 0 Å². The second kappa shape index (κ2) is 11.8. The van der Waals surface area contributed by atoms with Crippen molar-refractivity contribution in [3.8, 4) is 0 Å². The summed E-state index contributed by atoms with van der Waals surface area (Å²) in [6.45, 7) is 7.28. The van der Waals surface area contributed by atoms with Crippen LogP contribution in [-0.2, 0) is 27.2 Å². The minimum Gasteiger partial charge on any atom is -0.305 e. The summed E-state index contributed by atoms with van der Waals surface area (Å²) in [4.78, 5) is 0. The van der Waals surface area contributed by atoms with Crippen LogP contribution in [0.3, 0.4) is 0 Å². The van der Waals surface area contributed by atoms with E-state index in [0.717, 1.165) is 16.3 Å². The monoisotopic (exact) mass is 452 g/mol. The van der Waals surface area contributed by atoms with Gasteiger partial charge in [-0.05, 0) is 56.2 Å². The Bertz CT molecular complexity index is 931. The van der Waals surface area contributed by atoms with Crippen LogP contribution < -0.4 is 0 Å². The summed E-state index contributed by atoms with van der Waals surface area (Å²) < 4.78 is 48.6. The van der Waals surface area contributed by atoms with E-state index < -0.39 is 15.2 Å². The normalized spacial score (nSPS) is 12.5. The van der Waals surface area contributed by atoms with Crippen LogP contribution in [0.2, 0.25) is 0 Å². The molecule has 0 unspecified atom stereocenters. The van der Waals surface area contributed by atoms with Gasteiger partial charge in [-0.1, -0.05) is 48.6 Å². The molecular formula is C22H30O6P2. The van der Waals surface area contributed by atoms with Gasteiger partial charge in [0.05, 0.1) is 26.4 Å². The molecule has 0 fully saturated rings. The van der Waals surface area contributed by atoms with Crippen molar-refractivity contribution in [2.24, 2.45) is 0 Å². The van der Waals surface area contributed by atoms with Gasteiger partial charge in [-0.15, -0.1) is 0 Å². The van der Waals surface area contributed by atoms with Crippen molar-refractivity contribution >= 4 is 32.0 Å². The number of hydrogen-bond acceptors (Lipinski definition) is 6. The Morgan fingerprint density at radius 2 is 1.27 bits per heavy atom. The lowest BCUT2D eigenvalue weighted by Crippen LogP contribution is -2.04. The highest BCUT2D eigenvalue weighted by atomic mass is 31.2. The van der Waals surface area contributed by atoms with E-state index in [9.17, 15) is 9.13 Å². The van der Waals surface area contributed by atoms with Crippen molar-refractivity contribution in [3.63, 3.8) is 0 Å². The Kier molecular flexibility index (Phi) is 9.70. The third-order valence-electron chi connectivity index (χ3n) is 4.06. The third kappa shape index (κ3) is 6.24. The van der Waals surface area contributed by atoms with Crippen LogP contribution in [0.5, 0.6) is 0 Å². The maximum absolute atomic E-state index is 13.4. The molecule has 0 bridgehead atoms. The smallest absolute Gasteiger partial charge is 0.305 e. The molecule has 0 atom stereocenters. The zero-order valence-electron chi connectivity index (χ0n) is 17.9. The molecule has 8 heteroatoms. The van der Waals surface area contributed by atoms with Gasteiger partial charge in [0.25, 0.3) is 0 Å². The van der Waals surface area contributed by atoms with Gasteiger partial charge in [-0.25, -0.2) is 0 Å². The van der Waals surface area contributed by atoms with Crippen molar-refractivity contribution in [3.05, 3.63) is 65.2 Å². The van der Waals surface area contributed by atoms with Gasteiger partial charge in [0.15, 0.2) is 5.06 Å². The molecule has 0 spiro atoms. The largest absolute Gasteiger partial charge is 0.369 e. The molecule has 30 heavy (non-hydrogen) atoms. The summed E-state index contributed by atoms with van der Waals surface area (Å²) in [6.07, 6.45) is 4.96. The second-order valence-electron chi connectivity index (χ2n) is 6.16. The molecule has 0 saturated heterocycles. The molecule has 6 nitrogen and oxygen atoms in total. The molecule has 0 amide bonds. The molecule has 0 aliphatic heterocycles. The number of fused-ring (bicyclic) bond motifs is 1. The molecule has 2 aromatic rings. The van der Waals surface area contributed by atoms with Gasteiger partial charge in [-0.3, -0.25) is 9.13 Å². The highest BCUT2D eigenvalue weighted by Gasteiger charge is 2.44. The molecule has 0 saturated carbocycles. The Morgan fingerprint density at radius 3 is 1.77 bits per heavy atom. The highest BCUT2D eigenvalue weighted by Crippen LogP contribution is 2.73. The maximum atomic E-state index is 13.4. The van der Waals surface area contributed by atoms with E-state index in [4.69, 9.17) is 18.1 Å². The first-order valence-corrected chi connectivity index (χ1v) is 13.2. The summed E-state index contributed by atoms with van der Waals surface area (Å²) in [5, 5.41) is 2.15. The number of rotatable bonds is 12. The van der Waals surface area contributed by atoms with Crippen LogP contribution in [0.1, 0.15) is 33.3 Å². The van der Waals surface area contributed by atoms with Gasteiger partial charge in [0, 0.05) is 0 Å². The van der Waals surface area contributed by atoms with E-state index >= 15 is 0 Å². The molecule has 164 valence electrons. The average molecular weight is 452 g/mol. The molecule has 2 aromatic carbocycles. The van der Waals surface area contributed by atoms with E-state index in [1.807, 2.05) is 48.5 Å². The summed E-state index contributed by atoms with van der Waals surface area (Å²) in [5.74, 6) is 0. The standard InChI is InChI=1S/C22H30O6P2/c1-5-25-29(23,26-6-2)22(30(24,27-7-3)28-8-4)15-11-12-19-16-17-20-13-9-10-14-21(20)18-19/h9-18H,5-8H2,1-4H3/b12-11+. The number of benzene rings is 2. The first-order valence-electron chi connectivity index (χ1n) is 10.1. The van der Waals surface area contributed by atoms with E-state index in [1.54, 1.807) is 33.8 Å². The molecule has 0 N–H and O–H groups in total. The second-order valence-corrected chi connectivity index (χ2v) is 10.5. The Labute approximate surface area is 178 Å². The summed E-state index contributed by atoms with van der Waals surface area (Å²) in [7, 11) is -7.75. The fourth-order valence-corrected chi connectivity index (χ4v) is 7.38. The van der Waals surface area contributed by atoms with Crippen molar-refractivity contribution in [2.75, 3.05) is 26.4 Å². The van der Waals surface area contributed by atoms with E-state index in [1.165, 1.54) is 6.08 Å². The molecular weight excluding hydrogens is 422 g/mol. The number of hydrogen-bond donors (Lipinski definition) is 0. The van der Waals surface area contributed by atoms with Crippen LogP contribution in [0.15, 0.2) is 59.7 Å². The molecule has 0 aromatic heterocycles. The molecule has 0 radical (unpaired) electrons. The highest BCUT2D eigenvalue weighted by molar-refractivity contribution is 7.78. The molecule has 2 rings (SSSR count). The first kappa shape index (κ1) is 24.7. The topological polar surface area (TPSA) is 71.1 Å². The quantitative estimate of drug-likeness (QED) is 0.250. The van der Waals surface area contributed by atoms with Crippen molar-refractivity contribution in [1.82, 2.24) is 0 Å². The summed E-state index contributed by atoms with van der Waals surface area (Å²) in [5.41, 5.74) is 0.939. The number of allylic oxidation sites excluding steroid dienone is 2. The van der Waals surface area contributed by atoms with Gasteiger partial charge < -0.3 is 18.1 Å². The lowest BCUT2D eigenvalue weighted by atomic mass is 10.1. The lowest BCUT2D eigenvalue weighted by molar-refractivity contribution is 0.214. The fourth-order valence-electron chi connectivity index (χ4n) is 2.91. The van der Waals surface area contributed by atoms with Crippen LogP contribution in [0, 0.1) is 0 Å². The van der Waals surface area contributed by atoms with Gasteiger partial charge in [-0.2, -0.15) is 0 Å². The van der Waals surface area contributed by atoms with Crippen molar-refractivity contribution < 1.29 is 27.2 Å². The molecule has 0 aliphatic rings. The summed E-state index contributed by atoms with van der Waals surface area (Å²) in [6, 6.07) is 14.1. The summed E-state index contributed by atoms with van der Waals surface area (Å²) >= 11 is 0. The molecule has 0 aliphatic carbocycles. The fraction of sp³-hybridized carbons (Fsp3) is 0.364. The third-order valence-corrected chi connectivity index (χ3v) is 9.35. The minimum atomic E-state index is -3.87. The van der Waals surface area contributed by atoms with Gasteiger partial charge in [0.1, 0.15) is 0 Å². The Balaban J connectivity index is 2.50. The SMILES string of the molecule is CCOP(=O)(OCC)C(=C/C=C/c1ccc2ccccc2c1)P(=O)(OCC)OCC. The minimum absolute atomic E-state index is 0.0977. The van der Waals surface area contributed by atoms with E-state index in [2.05, 4.69) is 0 Å². The first-order chi connectivity index (χ1) is 14.4. The van der Waals surface area contributed by atoms with Gasteiger partial charge >= 0.3 is 15.2 Å². The van der Waals surface area contributed by atoms with Crippen molar-refractivity contribution in [2.45, 2.75) is 27.7 Å². The zero-order chi connectivity index (χ0) is 22.0. The van der Waals surface area contributed by atoms with Gasteiger partial charge in [0.2, 0.25) is 0 Å².